The normalized spacial score (nSPS) is 11.4. The number of benzene rings is 2. The summed E-state index contributed by atoms with van der Waals surface area (Å²) < 4.78 is 5.39. The fourth-order valence-electron chi connectivity index (χ4n) is 3.66. The van der Waals surface area contributed by atoms with Gasteiger partial charge in [0.05, 0.1) is 12.8 Å². The molecule has 0 aliphatic heterocycles. The fourth-order valence-corrected chi connectivity index (χ4v) is 4.04. The van der Waals surface area contributed by atoms with Gasteiger partial charge in [0, 0.05) is 40.1 Å². The Kier molecular flexibility index (Phi) is 7.79. The van der Waals surface area contributed by atoms with E-state index in [1.54, 1.807) is 25.3 Å². The molecule has 4 rings (SSSR count). The number of fused-ring (bicyclic) bond motifs is 1. The molecule has 2 heterocycles. The number of nitrogens with one attached hydrogen (secondary N) is 4. The maximum atomic E-state index is 6.14. The van der Waals surface area contributed by atoms with Gasteiger partial charge in [0.25, 0.3) is 0 Å². The number of H-pyrrole nitrogens is 1. The summed E-state index contributed by atoms with van der Waals surface area (Å²) in [6.07, 6.45) is 2.76. The summed E-state index contributed by atoms with van der Waals surface area (Å²) in [5.41, 5.74) is 4.63. The van der Waals surface area contributed by atoms with Crippen LogP contribution in [0.4, 0.5) is 11.6 Å². The number of thiocarbonyl (C=S) groups is 1. The first kappa shape index (κ1) is 24.4. The molecule has 4 N–H and O–H groups in total. The van der Waals surface area contributed by atoms with Gasteiger partial charge in [-0.25, -0.2) is 9.97 Å². The lowest BCUT2D eigenvalue weighted by atomic mass is 10.1. The number of hydrogen-bond acceptors (Lipinski definition) is 5. The number of aromatic amines is 1. The number of hydrogen-bond donors (Lipinski definition) is 4. The van der Waals surface area contributed by atoms with Crippen molar-refractivity contribution in [1.29, 1.82) is 0 Å². The molecule has 0 fully saturated rings. The lowest BCUT2D eigenvalue weighted by molar-refractivity contribution is 0.417. The van der Waals surface area contributed by atoms with Crippen LogP contribution in [-0.2, 0) is 6.42 Å². The van der Waals surface area contributed by atoms with Crippen LogP contribution >= 0.6 is 23.8 Å². The van der Waals surface area contributed by atoms with Crippen LogP contribution in [0.2, 0.25) is 5.02 Å². The van der Waals surface area contributed by atoms with Crippen molar-refractivity contribution < 1.29 is 4.74 Å². The second-order valence-electron chi connectivity index (χ2n) is 7.86. The number of para-hydroxylation sites is 1. The lowest BCUT2D eigenvalue weighted by Gasteiger charge is -2.16. The molecule has 10 heteroatoms. The van der Waals surface area contributed by atoms with Crippen molar-refractivity contribution in [2.75, 3.05) is 24.3 Å². The SMILES string of the molecule is COc1ccc(Cl)cc1NC(=S)NC(=NCCc1c[nH]c2ccccc12)Nc1nc(C)cc(C)n1. The zero-order valence-electron chi connectivity index (χ0n) is 19.6. The van der Waals surface area contributed by atoms with E-state index in [4.69, 9.17) is 33.5 Å². The summed E-state index contributed by atoms with van der Waals surface area (Å²) in [5, 5.41) is 11.4. The van der Waals surface area contributed by atoms with Crippen molar-refractivity contribution >= 4 is 57.4 Å². The van der Waals surface area contributed by atoms with Crippen molar-refractivity contribution in [1.82, 2.24) is 20.3 Å². The zero-order chi connectivity index (χ0) is 24.8. The largest absolute Gasteiger partial charge is 0.495 e. The molecular weight excluding hydrogens is 482 g/mol. The molecule has 0 spiro atoms. The number of aromatic nitrogens is 3. The second kappa shape index (κ2) is 11.2. The lowest BCUT2D eigenvalue weighted by Crippen LogP contribution is -2.39. The first-order valence-corrected chi connectivity index (χ1v) is 11.8. The van der Waals surface area contributed by atoms with E-state index in [0.717, 1.165) is 23.3 Å². The van der Waals surface area contributed by atoms with Crippen LogP contribution in [0.3, 0.4) is 0 Å². The Morgan fingerprint density at radius 2 is 1.86 bits per heavy atom. The number of ether oxygens (including phenoxy) is 1. The van der Waals surface area contributed by atoms with Crippen LogP contribution in [0.5, 0.6) is 5.75 Å². The molecule has 4 aromatic rings. The Labute approximate surface area is 214 Å². The number of aliphatic imine (C=N–C) groups is 1. The molecule has 0 bridgehead atoms. The van der Waals surface area contributed by atoms with Gasteiger partial charge in [0.15, 0.2) is 5.11 Å². The maximum absolute atomic E-state index is 6.14. The first-order chi connectivity index (χ1) is 16.9. The summed E-state index contributed by atoms with van der Waals surface area (Å²) in [7, 11) is 1.58. The molecule has 0 unspecified atom stereocenters. The molecule has 2 aromatic carbocycles. The van der Waals surface area contributed by atoms with E-state index >= 15 is 0 Å². The van der Waals surface area contributed by atoms with Gasteiger partial charge < -0.3 is 20.4 Å². The Morgan fingerprint density at radius 3 is 2.63 bits per heavy atom. The van der Waals surface area contributed by atoms with E-state index < -0.39 is 0 Å². The molecule has 0 saturated heterocycles. The zero-order valence-corrected chi connectivity index (χ0v) is 21.2. The third-order valence-electron chi connectivity index (χ3n) is 5.18. The van der Waals surface area contributed by atoms with Crippen LogP contribution in [0.1, 0.15) is 17.0 Å². The van der Waals surface area contributed by atoms with E-state index in [-0.39, 0.29) is 0 Å². The molecule has 0 atom stereocenters. The predicted molar refractivity (Wildman–Crippen MR) is 147 cm³/mol. The van der Waals surface area contributed by atoms with E-state index in [1.807, 2.05) is 38.2 Å². The topological polar surface area (TPSA) is 99.2 Å². The Bertz CT molecular complexity index is 1370. The molecule has 8 nitrogen and oxygen atoms in total. The summed E-state index contributed by atoms with van der Waals surface area (Å²) in [5.74, 6) is 1.47. The number of nitrogens with zero attached hydrogens (tertiary/aromatic N) is 3. The Hall–Kier alpha value is -3.69. The minimum Gasteiger partial charge on any atom is -0.495 e. The van der Waals surface area contributed by atoms with E-state index in [0.29, 0.717) is 40.0 Å². The third kappa shape index (κ3) is 6.46. The number of halogens is 1. The monoisotopic (exact) mass is 507 g/mol. The minimum absolute atomic E-state index is 0.313. The fraction of sp³-hybridized carbons (Fsp3) is 0.200. The molecule has 0 radical (unpaired) electrons. The smallest absolute Gasteiger partial charge is 0.229 e. The highest BCUT2D eigenvalue weighted by atomic mass is 35.5. The number of guanidine groups is 1. The van der Waals surface area contributed by atoms with Crippen LogP contribution in [-0.4, -0.2) is 39.7 Å². The van der Waals surface area contributed by atoms with Crippen LogP contribution in [0, 0.1) is 13.8 Å². The van der Waals surface area contributed by atoms with Gasteiger partial charge in [-0.1, -0.05) is 29.8 Å². The molecule has 0 aliphatic rings. The number of aryl methyl sites for hydroxylation is 2. The van der Waals surface area contributed by atoms with Gasteiger partial charge in [-0.05, 0) is 68.4 Å². The predicted octanol–water partition coefficient (Wildman–Crippen LogP) is 5.23. The number of methoxy groups -OCH3 is 1. The number of rotatable bonds is 6. The van der Waals surface area contributed by atoms with Crippen molar-refractivity contribution in [2.24, 2.45) is 4.99 Å². The van der Waals surface area contributed by atoms with Crippen molar-refractivity contribution in [3.8, 4) is 5.75 Å². The van der Waals surface area contributed by atoms with E-state index in [2.05, 4.69) is 43.0 Å². The van der Waals surface area contributed by atoms with Crippen LogP contribution < -0.4 is 20.7 Å². The minimum atomic E-state index is 0.313. The summed E-state index contributed by atoms with van der Waals surface area (Å²) in [4.78, 5) is 16.9. The van der Waals surface area contributed by atoms with Crippen LogP contribution in [0.15, 0.2) is 59.7 Å². The molecule has 35 heavy (non-hydrogen) atoms. The standard InChI is InChI=1S/C25H26ClN7OS/c1-15-12-16(2)30-24(29-15)32-23(27-11-10-17-14-28-20-7-5-4-6-19(17)20)33-25(35)31-21-13-18(26)8-9-22(21)34-3/h4-9,12-14,28H,10-11H2,1-3H3,(H3,27,29,30,31,32,33,35). The van der Waals surface area contributed by atoms with Crippen molar-refractivity contribution in [3.63, 3.8) is 0 Å². The molecule has 0 amide bonds. The van der Waals surface area contributed by atoms with Gasteiger partial charge in [0.1, 0.15) is 5.75 Å². The third-order valence-corrected chi connectivity index (χ3v) is 5.62. The highest BCUT2D eigenvalue weighted by molar-refractivity contribution is 7.80. The molecule has 180 valence electrons. The van der Waals surface area contributed by atoms with E-state index in [9.17, 15) is 0 Å². The highest BCUT2D eigenvalue weighted by Gasteiger charge is 2.10. The summed E-state index contributed by atoms with van der Waals surface area (Å²) >= 11 is 11.7. The molecule has 0 aliphatic carbocycles. The second-order valence-corrected chi connectivity index (χ2v) is 8.71. The molecular formula is C25H26ClN7OS. The van der Waals surface area contributed by atoms with E-state index in [1.165, 1.54) is 10.9 Å². The molecule has 0 saturated carbocycles. The average Bonchev–Trinajstić information content (AvgIpc) is 3.21. The first-order valence-electron chi connectivity index (χ1n) is 11.0. The summed E-state index contributed by atoms with van der Waals surface area (Å²) in [6.45, 7) is 4.35. The summed E-state index contributed by atoms with van der Waals surface area (Å²) in [6, 6.07) is 15.4. The van der Waals surface area contributed by atoms with Gasteiger partial charge in [-0.3, -0.25) is 10.3 Å². The van der Waals surface area contributed by atoms with Gasteiger partial charge in [0.2, 0.25) is 11.9 Å². The average molecular weight is 508 g/mol. The van der Waals surface area contributed by atoms with Gasteiger partial charge >= 0.3 is 0 Å². The number of anilines is 2. The van der Waals surface area contributed by atoms with Gasteiger partial charge in [-0.2, -0.15) is 0 Å². The van der Waals surface area contributed by atoms with Crippen molar-refractivity contribution in [2.45, 2.75) is 20.3 Å². The quantitative estimate of drug-likeness (QED) is 0.161. The van der Waals surface area contributed by atoms with Crippen molar-refractivity contribution in [3.05, 3.63) is 76.7 Å². The Morgan fingerprint density at radius 1 is 1.09 bits per heavy atom. The maximum Gasteiger partial charge on any atom is 0.229 e. The Balaban J connectivity index is 1.52. The molecule has 2 aromatic heterocycles. The van der Waals surface area contributed by atoms with Gasteiger partial charge in [-0.15, -0.1) is 0 Å². The van der Waals surface area contributed by atoms with Crippen LogP contribution in [0.25, 0.3) is 10.9 Å². The highest BCUT2D eigenvalue weighted by Crippen LogP contribution is 2.27.